The van der Waals surface area contributed by atoms with E-state index in [1.807, 2.05) is 0 Å². The Morgan fingerprint density at radius 2 is 2.16 bits per heavy atom. The molecule has 0 amide bonds. The first-order chi connectivity index (χ1) is 8.58. The number of aromatic amines is 1. The molecule has 98 valence electrons. The van der Waals surface area contributed by atoms with Crippen LogP contribution in [0.2, 0.25) is 0 Å². The van der Waals surface area contributed by atoms with E-state index in [2.05, 4.69) is 9.97 Å². The van der Waals surface area contributed by atoms with Crippen molar-refractivity contribution in [1.82, 2.24) is 9.97 Å². The molecule has 1 aromatic rings. The van der Waals surface area contributed by atoms with Crippen LogP contribution in [0.4, 0.5) is 10.2 Å². The van der Waals surface area contributed by atoms with Gasteiger partial charge in [-0.05, 0) is 0 Å². The van der Waals surface area contributed by atoms with Gasteiger partial charge in [0.15, 0.2) is 10.5 Å². The van der Waals surface area contributed by atoms with Crippen LogP contribution in [0.15, 0.2) is 0 Å². The average Bonchev–Trinajstić information content (AvgIpc) is 2.34. The summed E-state index contributed by atoms with van der Waals surface area (Å²) in [6, 6.07) is 0. The van der Waals surface area contributed by atoms with Gasteiger partial charge in [0.2, 0.25) is 0 Å². The number of anilines is 1. The van der Waals surface area contributed by atoms with Crippen LogP contribution in [0.3, 0.4) is 0 Å². The van der Waals surface area contributed by atoms with Crippen molar-refractivity contribution in [2.75, 3.05) is 31.2 Å². The van der Waals surface area contributed by atoms with Crippen LogP contribution in [0.1, 0.15) is 5.82 Å². The third kappa shape index (κ3) is 4.22. The van der Waals surface area contributed by atoms with Gasteiger partial charge < -0.3 is 24.5 Å². The molecule has 2 heterocycles. The first-order valence-electron chi connectivity index (χ1n) is 5.39. The molecule has 0 aromatic carbocycles. The third-order valence-electron chi connectivity index (χ3n) is 2.53. The van der Waals surface area contributed by atoms with Crippen LogP contribution >= 0.6 is 12.2 Å². The predicted octanol–water partition coefficient (Wildman–Crippen LogP) is -3.59. The summed E-state index contributed by atoms with van der Waals surface area (Å²) in [4.78, 5) is 18.6. The number of ether oxygens (including phenoxy) is 1. The summed E-state index contributed by atoms with van der Waals surface area (Å²) < 4.78 is 18.8. The number of halogens is 1. The molecule has 0 saturated carbocycles. The number of rotatable bonds is 3. The molecule has 0 bridgehead atoms. The van der Waals surface area contributed by atoms with E-state index >= 15 is 0 Å². The number of nitrogens with one attached hydrogen (secondary N) is 1. The summed E-state index contributed by atoms with van der Waals surface area (Å²) in [5, 5.41) is 10.5. The first kappa shape index (κ1) is 16.5. The van der Waals surface area contributed by atoms with Gasteiger partial charge in [-0.2, -0.15) is 4.39 Å². The van der Waals surface area contributed by atoms with E-state index in [1.54, 1.807) is 4.90 Å². The van der Waals surface area contributed by atoms with E-state index in [9.17, 15) is 14.3 Å². The second-order valence-corrected chi connectivity index (χ2v) is 4.19. The van der Waals surface area contributed by atoms with Crippen molar-refractivity contribution in [1.29, 1.82) is 0 Å². The van der Waals surface area contributed by atoms with Crippen LogP contribution < -0.4 is 39.6 Å². The maximum atomic E-state index is 13.9. The van der Waals surface area contributed by atoms with Crippen LogP contribution in [-0.2, 0) is 16.0 Å². The summed E-state index contributed by atoms with van der Waals surface area (Å²) in [5.74, 6) is -1.70. The minimum atomic E-state index is -1.30. The number of hydrogen-bond donors (Lipinski definition) is 1. The standard InChI is InChI=1S/C10H12FN3O3S.Na/c11-8-9(14-1-3-17-4-2-14)12-6(5-7(15)16)13-10(8)18;/h1-5H2,(H,15,16)(H,12,13,18);/q;+1/p-1. The number of carbonyl (C=O) groups is 1. The Morgan fingerprint density at radius 3 is 2.74 bits per heavy atom. The van der Waals surface area contributed by atoms with Crippen molar-refractivity contribution in [3.05, 3.63) is 16.3 Å². The van der Waals surface area contributed by atoms with Crippen molar-refractivity contribution >= 4 is 24.0 Å². The zero-order valence-electron chi connectivity index (χ0n) is 10.4. The molecule has 9 heteroatoms. The number of carboxylic acid groups (broad SMARTS) is 1. The Hall–Kier alpha value is -0.540. The zero-order valence-corrected chi connectivity index (χ0v) is 13.3. The topological polar surface area (TPSA) is 81.3 Å². The van der Waals surface area contributed by atoms with E-state index in [0.29, 0.717) is 26.3 Å². The number of carboxylic acids is 1. The molecule has 0 unspecified atom stereocenters. The fourth-order valence-corrected chi connectivity index (χ4v) is 1.92. The van der Waals surface area contributed by atoms with Crippen LogP contribution in [0.25, 0.3) is 0 Å². The summed E-state index contributed by atoms with van der Waals surface area (Å²) in [5.41, 5.74) is 0. The molecule has 1 N–H and O–H groups in total. The number of hydrogen-bond acceptors (Lipinski definition) is 6. The molecule has 1 saturated heterocycles. The van der Waals surface area contributed by atoms with Crippen LogP contribution in [-0.4, -0.2) is 42.2 Å². The molecular weight excluding hydrogens is 284 g/mol. The molecule has 19 heavy (non-hydrogen) atoms. The van der Waals surface area contributed by atoms with Gasteiger partial charge in [-0.3, -0.25) is 0 Å². The zero-order chi connectivity index (χ0) is 13.1. The van der Waals surface area contributed by atoms with Gasteiger partial charge in [-0.1, -0.05) is 12.2 Å². The normalized spacial score (nSPS) is 14.9. The molecule has 0 spiro atoms. The Bertz CT molecular complexity index is 519. The smallest absolute Gasteiger partial charge is 0.550 e. The number of aromatic nitrogens is 2. The molecule has 2 rings (SSSR count). The van der Waals surface area contributed by atoms with Crippen LogP contribution in [0.5, 0.6) is 0 Å². The number of H-pyrrole nitrogens is 1. The third-order valence-corrected chi connectivity index (χ3v) is 2.80. The van der Waals surface area contributed by atoms with Gasteiger partial charge in [-0.25, -0.2) is 4.98 Å². The molecule has 1 aliphatic heterocycles. The van der Waals surface area contributed by atoms with Crippen molar-refractivity contribution in [3.8, 4) is 0 Å². The number of morpholine rings is 1. The van der Waals surface area contributed by atoms with E-state index in [0.717, 1.165) is 0 Å². The maximum absolute atomic E-state index is 13.9. The van der Waals surface area contributed by atoms with E-state index in [-0.39, 0.29) is 45.8 Å². The van der Waals surface area contributed by atoms with Gasteiger partial charge in [0.1, 0.15) is 11.6 Å². The van der Waals surface area contributed by atoms with Gasteiger partial charge >= 0.3 is 29.6 Å². The number of aliphatic carboxylic acids is 1. The largest absolute Gasteiger partial charge is 1.00 e. The average molecular weight is 295 g/mol. The molecular formula is C10H11FN3NaO3S. The van der Waals surface area contributed by atoms with Crippen molar-refractivity contribution in [2.24, 2.45) is 0 Å². The molecule has 0 aliphatic carbocycles. The molecule has 0 atom stereocenters. The van der Waals surface area contributed by atoms with Crippen molar-refractivity contribution in [3.63, 3.8) is 0 Å². The maximum Gasteiger partial charge on any atom is 1.00 e. The SMILES string of the molecule is O=C([O-])Cc1nc(=S)c(F)c(N2CCOCC2)[nH]1.[Na+]. The second-order valence-electron chi connectivity index (χ2n) is 3.80. The van der Waals surface area contributed by atoms with Gasteiger partial charge in [0.25, 0.3) is 0 Å². The Balaban J connectivity index is 0.00000180. The molecule has 1 aliphatic rings. The van der Waals surface area contributed by atoms with Gasteiger partial charge in [0, 0.05) is 25.5 Å². The monoisotopic (exact) mass is 295 g/mol. The van der Waals surface area contributed by atoms with Crippen LogP contribution in [0, 0.1) is 10.5 Å². The fourth-order valence-electron chi connectivity index (χ4n) is 1.72. The molecule has 1 fully saturated rings. The Labute approximate surface area is 136 Å². The predicted molar refractivity (Wildman–Crippen MR) is 61.1 cm³/mol. The summed E-state index contributed by atoms with van der Waals surface area (Å²) >= 11 is 4.77. The molecule has 6 nitrogen and oxygen atoms in total. The van der Waals surface area contributed by atoms with Gasteiger partial charge in [0.05, 0.1) is 13.2 Å². The Kier molecular flexibility index (Phi) is 6.34. The van der Waals surface area contributed by atoms with E-state index in [1.165, 1.54) is 0 Å². The van der Waals surface area contributed by atoms with Gasteiger partial charge in [-0.15, -0.1) is 0 Å². The summed E-state index contributed by atoms with van der Waals surface area (Å²) in [7, 11) is 0. The first-order valence-corrected chi connectivity index (χ1v) is 5.80. The summed E-state index contributed by atoms with van der Waals surface area (Å²) in [6.07, 6.45) is -0.429. The number of carbonyl (C=O) groups excluding carboxylic acids is 1. The van der Waals surface area contributed by atoms with E-state index < -0.39 is 18.2 Å². The molecule has 0 radical (unpaired) electrons. The summed E-state index contributed by atoms with van der Waals surface area (Å²) in [6.45, 7) is 1.99. The quantitative estimate of drug-likeness (QED) is 0.459. The van der Waals surface area contributed by atoms with Crippen molar-refractivity contribution < 1.29 is 48.6 Å². The van der Waals surface area contributed by atoms with Crippen molar-refractivity contribution in [2.45, 2.75) is 6.42 Å². The second kappa shape index (κ2) is 7.30. The molecule has 1 aromatic heterocycles. The minimum Gasteiger partial charge on any atom is -0.550 e. The fraction of sp³-hybridized carbons (Fsp3) is 0.500. The number of nitrogens with zero attached hydrogens (tertiary/aromatic N) is 2. The minimum absolute atomic E-state index is 0. The Morgan fingerprint density at radius 1 is 1.53 bits per heavy atom. The van der Waals surface area contributed by atoms with E-state index in [4.69, 9.17) is 17.0 Å².